The molecule has 0 aliphatic carbocycles. The van der Waals surface area contributed by atoms with E-state index < -0.39 is 0 Å². The van der Waals surface area contributed by atoms with E-state index in [1.54, 1.807) is 19.2 Å². The summed E-state index contributed by atoms with van der Waals surface area (Å²) in [5, 5.41) is 10.3. The first-order chi connectivity index (χ1) is 6.74. The molecule has 0 fully saturated rings. The van der Waals surface area contributed by atoms with Crippen LogP contribution in [-0.2, 0) is 0 Å². The summed E-state index contributed by atoms with van der Waals surface area (Å²) >= 11 is 0. The molecule has 1 aromatic rings. The molecular weight excluding hydrogens is 172 g/mol. The summed E-state index contributed by atoms with van der Waals surface area (Å²) in [4.78, 5) is 0. The van der Waals surface area contributed by atoms with Crippen LogP contribution in [0.15, 0.2) is 43.1 Å². The van der Waals surface area contributed by atoms with E-state index in [1.165, 1.54) is 0 Å². The molecule has 0 bridgehead atoms. The summed E-state index contributed by atoms with van der Waals surface area (Å²) in [6.45, 7) is 5.36. The Morgan fingerprint density at radius 2 is 2.14 bits per heavy atom. The normalized spacial score (nSPS) is 10.1. The van der Waals surface area contributed by atoms with Crippen molar-refractivity contribution >= 4 is 17.5 Å². The molecule has 0 atom stereocenters. The Kier molecular flexibility index (Phi) is 3.68. The fourth-order valence-corrected chi connectivity index (χ4v) is 1.10. The Balaban J connectivity index is 2.94. The Hall–Kier alpha value is -1.83. The van der Waals surface area contributed by atoms with Crippen molar-refractivity contribution in [1.82, 2.24) is 0 Å². The number of allylic oxidation sites excluding steroid dienone is 1. The van der Waals surface area contributed by atoms with Gasteiger partial charge in [0.1, 0.15) is 0 Å². The SMILES string of the molecule is C=CNc1ccccc1/C=C\C(C)=N. The molecule has 0 heterocycles. The van der Waals surface area contributed by atoms with Crippen LogP contribution in [0, 0.1) is 5.41 Å². The monoisotopic (exact) mass is 186 g/mol. The lowest BCUT2D eigenvalue weighted by Crippen LogP contribution is -1.89. The van der Waals surface area contributed by atoms with Crippen molar-refractivity contribution < 1.29 is 0 Å². The molecule has 1 rings (SSSR count). The van der Waals surface area contributed by atoms with Crippen LogP contribution in [0.3, 0.4) is 0 Å². The smallest absolute Gasteiger partial charge is 0.0453 e. The first kappa shape index (κ1) is 10.3. The molecule has 0 aromatic heterocycles. The van der Waals surface area contributed by atoms with Crippen LogP contribution in [-0.4, -0.2) is 5.71 Å². The highest BCUT2D eigenvalue weighted by atomic mass is 14.8. The van der Waals surface area contributed by atoms with Gasteiger partial charge < -0.3 is 10.7 Å². The highest BCUT2D eigenvalue weighted by molar-refractivity contribution is 5.94. The van der Waals surface area contributed by atoms with Gasteiger partial charge in [-0.05, 0) is 30.8 Å². The van der Waals surface area contributed by atoms with E-state index in [2.05, 4.69) is 11.9 Å². The predicted molar refractivity (Wildman–Crippen MR) is 62.7 cm³/mol. The lowest BCUT2D eigenvalue weighted by atomic mass is 10.1. The molecular formula is C12H14N2. The average molecular weight is 186 g/mol. The van der Waals surface area contributed by atoms with Crippen LogP contribution >= 0.6 is 0 Å². The Morgan fingerprint density at radius 1 is 1.43 bits per heavy atom. The fourth-order valence-electron chi connectivity index (χ4n) is 1.10. The van der Waals surface area contributed by atoms with E-state index in [1.807, 2.05) is 30.3 Å². The molecule has 0 saturated heterocycles. The molecule has 2 N–H and O–H groups in total. The van der Waals surface area contributed by atoms with Crippen molar-refractivity contribution in [2.24, 2.45) is 0 Å². The molecule has 0 unspecified atom stereocenters. The zero-order valence-corrected chi connectivity index (χ0v) is 8.25. The Bertz CT molecular complexity index is 364. The number of hydrogen-bond donors (Lipinski definition) is 2. The minimum Gasteiger partial charge on any atom is -0.362 e. The zero-order valence-electron chi connectivity index (χ0n) is 8.25. The maximum atomic E-state index is 7.29. The van der Waals surface area contributed by atoms with Gasteiger partial charge in [-0.2, -0.15) is 0 Å². The van der Waals surface area contributed by atoms with Gasteiger partial charge in [0, 0.05) is 11.4 Å². The van der Waals surface area contributed by atoms with Gasteiger partial charge in [0.05, 0.1) is 0 Å². The standard InChI is InChI=1S/C12H14N2/c1-3-14-12-7-5-4-6-11(12)9-8-10(2)13/h3-9,13-14H,1H2,2H3/b9-8-,13-10?. The molecule has 0 spiro atoms. The van der Waals surface area contributed by atoms with E-state index in [-0.39, 0.29) is 0 Å². The summed E-state index contributed by atoms with van der Waals surface area (Å²) in [5.74, 6) is 0. The van der Waals surface area contributed by atoms with Crippen molar-refractivity contribution in [1.29, 1.82) is 5.41 Å². The zero-order chi connectivity index (χ0) is 10.4. The number of anilines is 1. The second-order valence-electron chi connectivity index (χ2n) is 2.95. The Labute approximate surface area is 84.5 Å². The fraction of sp³-hybridized carbons (Fsp3) is 0.0833. The van der Waals surface area contributed by atoms with Gasteiger partial charge in [0.15, 0.2) is 0 Å². The van der Waals surface area contributed by atoms with Gasteiger partial charge in [0.25, 0.3) is 0 Å². The topological polar surface area (TPSA) is 35.9 Å². The van der Waals surface area contributed by atoms with E-state index in [4.69, 9.17) is 5.41 Å². The summed E-state index contributed by atoms with van der Waals surface area (Å²) in [5.41, 5.74) is 2.59. The van der Waals surface area contributed by atoms with Crippen molar-refractivity contribution in [2.45, 2.75) is 6.92 Å². The first-order valence-electron chi connectivity index (χ1n) is 4.43. The van der Waals surface area contributed by atoms with Crippen LogP contribution in [0.4, 0.5) is 5.69 Å². The average Bonchev–Trinajstić information content (AvgIpc) is 2.17. The molecule has 2 nitrogen and oxygen atoms in total. The number of hydrogen-bond acceptors (Lipinski definition) is 2. The van der Waals surface area contributed by atoms with Crippen molar-refractivity contribution in [3.05, 3.63) is 48.7 Å². The highest BCUT2D eigenvalue weighted by Gasteiger charge is 1.94. The van der Waals surface area contributed by atoms with Crippen LogP contribution in [0.5, 0.6) is 0 Å². The molecule has 0 radical (unpaired) electrons. The maximum Gasteiger partial charge on any atom is 0.0453 e. The lowest BCUT2D eigenvalue weighted by Gasteiger charge is -2.04. The third kappa shape index (κ3) is 2.90. The Morgan fingerprint density at radius 3 is 2.79 bits per heavy atom. The molecule has 14 heavy (non-hydrogen) atoms. The molecule has 0 amide bonds. The van der Waals surface area contributed by atoms with E-state index >= 15 is 0 Å². The maximum absolute atomic E-state index is 7.29. The summed E-state index contributed by atoms with van der Waals surface area (Å²) < 4.78 is 0. The van der Waals surface area contributed by atoms with Crippen molar-refractivity contribution in [2.75, 3.05) is 5.32 Å². The predicted octanol–water partition coefficient (Wildman–Crippen LogP) is 3.29. The highest BCUT2D eigenvalue weighted by Crippen LogP contribution is 2.16. The van der Waals surface area contributed by atoms with E-state index in [9.17, 15) is 0 Å². The quantitative estimate of drug-likeness (QED) is 0.695. The van der Waals surface area contributed by atoms with Gasteiger partial charge in [-0.1, -0.05) is 30.9 Å². The van der Waals surface area contributed by atoms with Crippen LogP contribution < -0.4 is 5.32 Å². The van der Waals surface area contributed by atoms with Gasteiger partial charge in [-0.15, -0.1) is 0 Å². The van der Waals surface area contributed by atoms with Gasteiger partial charge >= 0.3 is 0 Å². The molecule has 2 heteroatoms. The van der Waals surface area contributed by atoms with E-state index in [0.29, 0.717) is 5.71 Å². The first-order valence-corrected chi connectivity index (χ1v) is 4.43. The number of rotatable bonds is 4. The van der Waals surface area contributed by atoms with Crippen LogP contribution in [0.1, 0.15) is 12.5 Å². The molecule has 0 aliphatic heterocycles. The minimum absolute atomic E-state index is 0.540. The third-order valence-electron chi connectivity index (χ3n) is 1.73. The molecule has 0 saturated carbocycles. The van der Waals surface area contributed by atoms with Crippen molar-refractivity contribution in [3.63, 3.8) is 0 Å². The second kappa shape index (κ2) is 5.02. The third-order valence-corrected chi connectivity index (χ3v) is 1.73. The van der Waals surface area contributed by atoms with Crippen molar-refractivity contribution in [3.8, 4) is 0 Å². The number of benzene rings is 1. The number of para-hydroxylation sites is 1. The van der Waals surface area contributed by atoms with Gasteiger partial charge in [-0.3, -0.25) is 0 Å². The summed E-state index contributed by atoms with van der Waals surface area (Å²) in [6, 6.07) is 7.89. The van der Waals surface area contributed by atoms with Crippen LogP contribution in [0.25, 0.3) is 6.08 Å². The molecule has 72 valence electrons. The summed E-state index contributed by atoms with van der Waals surface area (Å²) in [6.07, 6.45) is 5.32. The number of nitrogens with one attached hydrogen (secondary N) is 2. The molecule has 0 aliphatic rings. The van der Waals surface area contributed by atoms with Gasteiger partial charge in [0.2, 0.25) is 0 Å². The molecule has 1 aromatic carbocycles. The summed E-state index contributed by atoms with van der Waals surface area (Å²) in [7, 11) is 0. The second-order valence-corrected chi connectivity index (χ2v) is 2.95. The lowest BCUT2D eigenvalue weighted by molar-refractivity contribution is 1.50. The van der Waals surface area contributed by atoms with Gasteiger partial charge in [-0.25, -0.2) is 0 Å². The van der Waals surface area contributed by atoms with Crippen LogP contribution in [0.2, 0.25) is 0 Å². The van der Waals surface area contributed by atoms with E-state index in [0.717, 1.165) is 11.3 Å². The minimum atomic E-state index is 0.540. The largest absolute Gasteiger partial charge is 0.362 e.